The Labute approximate surface area is 130 Å². The Bertz CT molecular complexity index is 514. The second kappa shape index (κ2) is 6.87. The van der Waals surface area contributed by atoms with E-state index in [-0.39, 0.29) is 12.1 Å². The molecule has 1 heterocycles. The van der Waals surface area contributed by atoms with Crippen LogP contribution >= 0.6 is 11.6 Å². The van der Waals surface area contributed by atoms with Crippen LogP contribution in [0.2, 0.25) is 5.02 Å². The average Bonchev–Trinajstić information content (AvgIpc) is 2.50. The van der Waals surface area contributed by atoms with E-state index >= 15 is 0 Å². The molecule has 1 aromatic rings. The zero-order valence-electron chi connectivity index (χ0n) is 12.4. The van der Waals surface area contributed by atoms with Crippen LogP contribution in [0, 0.1) is 6.92 Å². The van der Waals surface area contributed by atoms with E-state index in [9.17, 15) is 4.79 Å². The van der Waals surface area contributed by atoms with Gasteiger partial charge in [-0.1, -0.05) is 11.6 Å². The molecule has 1 fully saturated rings. The van der Waals surface area contributed by atoms with E-state index < -0.39 is 0 Å². The van der Waals surface area contributed by atoms with Crippen molar-refractivity contribution in [3.05, 3.63) is 22.7 Å². The van der Waals surface area contributed by atoms with E-state index in [1.807, 2.05) is 19.1 Å². The van der Waals surface area contributed by atoms with Crippen LogP contribution in [0.15, 0.2) is 12.1 Å². The fourth-order valence-electron chi connectivity index (χ4n) is 2.67. The van der Waals surface area contributed by atoms with Gasteiger partial charge in [-0.2, -0.15) is 0 Å². The molecule has 0 bridgehead atoms. The van der Waals surface area contributed by atoms with Crippen molar-refractivity contribution >= 4 is 29.0 Å². The van der Waals surface area contributed by atoms with E-state index in [2.05, 4.69) is 21.0 Å². The summed E-state index contributed by atoms with van der Waals surface area (Å²) in [4.78, 5) is 13.6. The molecule has 1 aliphatic rings. The van der Waals surface area contributed by atoms with E-state index in [0.29, 0.717) is 5.02 Å². The van der Waals surface area contributed by atoms with Crippen molar-refractivity contribution in [2.75, 3.05) is 30.5 Å². The van der Waals surface area contributed by atoms with Gasteiger partial charge in [0.15, 0.2) is 0 Å². The summed E-state index contributed by atoms with van der Waals surface area (Å²) in [6.45, 7) is 3.77. The number of anilines is 2. The third kappa shape index (κ3) is 3.71. The molecule has 116 valence electrons. The zero-order chi connectivity index (χ0) is 15.4. The fraction of sp³-hybridized carbons (Fsp3) is 0.500. The average molecular weight is 312 g/mol. The first-order valence-corrected chi connectivity index (χ1v) is 7.43. The lowest BCUT2D eigenvalue weighted by Crippen LogP contribution is -2.47. The minimum absolute atomic E-state index is 0.123. The van der Waals surface area contributed by atoms with Crippen molar-refractivity contribution in [1.82, 2.24) is 10.6 Å². The maximum atomic E-state index is 11.3. The van der Waals surface area contributed by atoms with Crippen LogP contribution in [0.4, 0.5) is 16.2 Å². The minimum Gasteiger partial charge on any atom is -0.371 e. The van der Waals surface area contributed by atoms with Crippen LogP contribution < -0.4 is 26.8 Å². The molecule has 6 nitrogen and oxygen atoms in total. The Morgan fingerprint density at radius 1 is 1.38 bits per heavy atom. The quantitative estimate of drug-likeness (QED) is 0.507. The van der Waals surface area contributed by atoms with Gasteiger partial charge in [0.1, 0.15) is 0 Å². The Morgan fingerprint density at radius 3 is 2.62 bits per heavy atom. The Hall–Kier alpha value is -1.66. The second-order valence-corrected chi connectivity index (χ2v) is 5.66. The lowest BCUT2D eigenvalue weighted by molar-refractivity contribution is 0.236. The molecule has 0 unspecified atom stereocenters. The van der Waals surface area contributed by atoms with Crippen molar-refractivity contribution in [1.29, 1.82) is 0 Å². The number of carbonyl (C=O) groups is 1. The molecule has 1 aliphatic heterocycles. The number of carbonyl (C=O) groups excluding carboxylic acids is 1. The smallest absolute Gasteiger partial charge is 0.314 e. The second-order valence-electron chi connectivity index (χ2n) is 5.23. The molecule has 1 aromatic carbocycles. The molecule has 0 aromatic heterocycles. The third-order valence-electron chi connectivity index (χ3n) is 3.90. The van der Waals surface area contributed by atoms with Crippen molar-refractivity contribution in [2.45, 2.75) is 25.8 Å². The summed E-state index contributed by atoms with van der Waals surface area (Å²) < 4.78 is 0. The highest BCUT2D eigenvalue weighted by molar-refractivity contribution is 6.31. The number of hydrazine groups is 1. The van der Waals surface area contributed by atoms with Gasteiger partial charge in [-0.05, 0) is 37.5 Å². The molecular formula is C14H22ClN5O. The molecular weight excluding hydrogens is 290 g/mol. The molecule has 0 saturated carbocycles. The summed E-state index contributed by atoms with van der Waals surface area (Å²) in [5.74, 6) is 5.53. The summed E-state index contributed by atoms with van der Waals surface area (Å²) in [5.41, 5.74) is 5.69. The van der Waals surface area contributed by atoms with Gasteiger partial charge in [-0.3, -0.25) is 5.84 Å². The van der Waals surface area contributed by atoms with Crippen LogP contribution in [0.25, 0.3) is 0 Å². The van der Waals surface area contributed by atoms with Crippen molar-refractivity contribution in [3.8, 4) is 0 Å². The molecule has 2 amide bonds. The molecule has 2 rings (SSSR count). The lowest BCUT2D eigenvalue weighted by atomic mass is 10.0. The number of urea groups is 1. The Kier molecular flexibility index (Phi) is 5.14. The molecule has 0 atom stereocenters. The third-order valence-corrected chi connectivity index (χ3v) is 4.12. The summed E-state index contributed by atoms with van der Waals surface area (Å²) in [7, 11) is 1.63. The number of benzene rings is 1. The Morgan fingerprint density at radius 2 is 2.05 bits per heavy atom. The number of nitrogens with zero attached hydrogens (tertiary/aromatic N) is 1. The number of rotatable bonds is 3. The van der Waals surface area contributed by atoms with Crippen LogP contribution in [0.3, 0.4) is 0 Å². The predicted molar refractivity (Wildman–Crippen MR) is 86.8 cm³/mol. The first-order valence-electron chi connectivity index (χ1n) is 7.05. The highest BCUT2D eigenvalue weighted by Gasteiger charge is 2.22. The number of halogens is 1. The van der Waals surface area contributed by atoms with Gasteiger partial charge in [0.2, 0.25) is 0 Å². The number of hydrogen-bond donors (Lipinski definition) is 4. The minimum atomic E-state index is -0.123. The lowest BCUT2D eigenvalue weighted by Gasteiger charge is -2.35. The van der Waals surface area contributed by atoms with E-state index in [0.717, 1.165) is 42.9 Å². The Balaban J connectivity index is 2.05. The monoisotopic (exact) mass is 311 g/mol. The first kappa shape index (κ1) is 15.7. The number of hydrogen-bond acceptors (Lipinski definition) is 4. The highest BCUT2D eigenvalue weighted by atomic mass is 35.5. The van der Waals surface area contributed by atoms with Gasteiger partial charge < -0.3 is 21.0 Å². The van der Waals surface area contributed by atoms with Crippen LogP contribution in [-0.2, 0) is 0 Å². The van der Waals surface area contributed by atoms with Gasteiger partial charge in [0.05, 0.1) is 5.69 Å². The molecule has 21 heavy (non-hydrogen) atoms. The molecule has 0 aliphatic carbocycles. The van der Waals surface area contributed by atoms with E-state index in [1.54, 1.807) is 7.05 Å². The SMILES string of the molecule is CNC(=O)NC1CCN(c2cc(Cl)cc(NN)c2C)CC1. The van der Waals surface area contributed by atoms with Gasteiger partial charge >= 0.3 is 6.03 Å². The van der Waals surface area contributed by atoms with Gasteiger partial charge in [-0.15, -0.1) is 0 Å². The molecule has 0 spiro atoms. The van der Waals surface area contributed by atoms with Crippen molar-refractivity contribution in [3.63, 3.8) is 0 Å². The van der Waals surface area contributed by atoms with E-state index in [1.165, 1.54) is 0 Å². The summed E-state index contributed by atoms with van der Waals surface area (Å²) in [6.07, 6.45) is 1.82. The van der Waals surface area contributed by atoms with E-state index in [4.69, 9.17) is 17.4 Å². The van der Waals surface area contributed by atoms with Crippen LogP contribution in [-0.4, -0.2) is 32.2 Å². The number of piperidine rings is 1. The zero-order valence-corrected chi connectivity index (χ0v) is 13.1. The summed E-state index contributed by atoms with van der Waals surface area (Å²) in [5, 5.41) is 6.20. The topological polar surface area (TPSA) is 82.4 Å². The standard InChI is InChI=1S/C14H22ClN5O/c1-9-12(19-16)7-10(15)8-13(9)20-5-3-11(4-6-20)18-14(21)17-2/h7-8,11,19H,3-6,16H2,1-2H3,(H2,17,18,21). The van der Waals surface area contributed by atoms with Gasteiger partial charge in [0, 0.05) is 36.9 Å². The predicted octanol–water partition coefficient (Wildman–Crippen LogP) is 1.83. The largest absolute Gasteiger partial charge is 0.371 e. The molecule has 5 N–H and O–H groups in total. The molecule has 7 heteroatoms. The summed E-state index contributed by atoms with van der Waals surface area (Å²) >= 11 is 6.15. The maximum Gasteiger partial charge on any atom is 0.314 e. The first-order chi connectivity index (χ1) is 10.0. The maximum absolute atomic E-state index is 11.3. The van der Waals surface area contributed by atoms with Crippen LogP contribution in [0.5, 0.6) is 0 Å². The number of amides is 2. The molecule has 1 saturated heterocycles. The van der Waals surface area contributed by atoms with Crippen molar-refractivity contribution < 1.29 is 4.79 Å². The normalized spacial score (nSPS) is 15.7. The number of nitrogens with two attached hydrogens (primary N) is 1. The molecule has 0 radical (unpaired) electrons. The van der Waals surface area contributed by atoms with Crippen LogP contribution in [0.1, 0.15) is 18.4 Å². The number of nitrogen functional groups attached to an aromatic ring is 1. The summed E-state index contributed by atoms with van der Waals surface area (Å²) in [6, 6.07) is 3.87. The van der Waals surface area contributed by atoms with Gasteiger partial charge in [-0.25, -0.2) is 4.79 Å². The number of nitrogens with one attached hydrogen (secondary N) is 3. The van der Waals surface area contributed by atoms with Gasteiger partial charge in [0.25, 0.3) is 0 Å². The highest BCUT2D eigenvalue weighted by Crippen LogP contribution is 2.32. The fourth-order valence-corrected chi connectivity index (χ4v) is 2.88. The van der Waals surface area contributed by atoms with Crippen molar-refractivity contribution in [2.24, 2.45) is 5.84 Å².